The SMILES string of the molecule is CCCN(CC(=O)NCC(F)(F)F)C1CCNC1. The van der Waals surface area contributed by atoms with Gasteiger partial charge in [0.25, 0.3) is 0 Å². The molecule has 0 radical (unpaired) electrons. The second kappa shape index (κ2) is 6.94. The number of hydrogen-bond acceptors (Lipinski definition) is 3. The fourth-order valence-electron chi connectivity index (χ4n) is 2.07. The summed E-state index contributed by atoms with van der Waals surface area (Å²) in [5.74, 6) is -0.562. The Bertz CT molecular complexity index is 265. The highest BCUT2D eigenvalue weighted by Gasteiger charge is 2.29. The van der Waals surface area contributed by atoms with Crippen molar-refractivity contribution < 1.29 is 18.0 Å². The Morgan fingerprint density at radius 3 is 2.72 bits per heavy atom. The van der Waals surface area contributed by atoms with Crippen LogP contribution in [-0.2, 0) is 4.79 Å². The van der Waals surface area contributed by atoms with E-state index in [1.807, 2.05) is 17.1 Å². The Balaban J connectivity index is 2.37. The zero-order valence-corrected chi connectivity index (χ0v) is 10.5. The monoisotopic (exact) mass is 267 g/mol. The summed E-state index contributed by atoms with van der Waals surface area (Å²) in [4.78, 5) is 13.4. The number of alkyl halides is 3. The first-order valence-electron chi connectivity index (χ1n) is 6.20. The third-order valence-electron chi connectivity index (χ3n) is 2.89. The first kappa shape index (κ1) is 15.2. The van der Waals surface area contributed by atoms with Crippen molar-refractivity contribution in [2.45, 2.75) is 32.0 Å². The van der Waals surface area contributed by atoms with Crippen LogP contribution in [0.5, 0.6) is 0 Å². The predicted molar refractivity (Wildman–Crippen MR) is 62.2 cm³/mol. The summed E-state index contributed by atoms with van der Waals surface area (Å²) < 4.78 is 35.9. The van der Waals surface area contributed by atoms with E-state index in [0.29, 0.717) is 0 Å². The number of nitrogens with one attached hydrogen (secondary N) is 2. The van der Waals surface area contributed by atoms with Crippen molar-refractivity contribution >= 4 is 5.91 Å². The van der Waals surface area contributed by atoms with Crippen LogP contribution in [0.15, 0.2) is 0 Å². The summed E-state index contributed by atoms with van der Waals surface area (Å²) >= 11 is 0. The van der Waals surface area contributed by atoms with Crippen LogP contribution in [0.1, 0.15) is 19.8 Å². The van der Waals surface area contributed by atoms with Gasteiger partial charge in [-0.1, -0.05) is 6.92 Å². The molecule has 106 valence electrons. The van der Waals surface area contributed by atoms with Crippen LogP contribution in [0.4, 0.5) is 13.2 Å². The molecule has 18 heavy (non-hydrogen) atoms. The topological polar surface area (TPSA) is 44.4 Å². The van der Waals surface area contributed by atoms with Gasteiger partial charge in [-0.05, 0) is 25.9 Å². The number of nitrogens with zero attached hydrogens (tertiary/aromatic N) is 1. The lowest BCUT2D eigenvalue weighted by Crippen LogP contribution is -2.46. The molecule has 1 rings (SSSR count). The van der Waals surface area contributed by atoms with Crippen molar-refractivity contribution in [1.82, 2.24) is 15.5 Å². The van der Waals surface area contributed by atoms with Gasteiger partial charge in [0.05, 0.1) is 6.54 Å². The number of carbonyl (C=O) groups is 1. The first-order valence-corrected chi connectivity index (χ1v) is 6.20. The van der Waals surface area contributed by atoms with E-state index in [4.69, 9.17) is 0 Å². The molecule has 1 aliphatic heterocycles. The predicted octanol–water partition coefficient (Wildman–Crippen LogP) is 0.739. The van der Waals surface area contributed by atoms with Gasteiger partial charge in [0.15, 0.2) is 0 Å². The third-order valence-corrected chi connectivity index (χ3v) is 2.89. The molecule has 0 saturated carbocycles. The number of hydrogen-bond donors (Lipinski definition) is 2. The fraction of sp³-hybridized carbons (Fsp3) is 0.909. The van der Waals surface area contributed by atoms with Gasteiger partial charge >= 0.3 is 6.18 Å². The molecule has 1 saturated heterocycles. The molecule has 1 atom stereocenters. The summed E-state index contributed by atoms with van der Waals surface area (Å²) in [6, 6.07) is 0.251. The van der Waals surface area contributed by atoms with Crippen molar-refractivity contribution in [3.63, 3.8) is 0 Å². The van der Waals surface area contributed by atoms with Gasteiger partial charge in [0.2, 0.25) is 5.91 Å². The maximum atomic E-state index is 12.0. The van der Waals surface area contributed by atoms with Gasteiger partial charge in [0.1, 0.15) is 6.54 Å². The van der Waals surface area contributed by atoms with Gasteiger partial charge in [-0.2, -0.15) is 13.2 Å². The lowest BCUT2D eigenvalue weighted by atomic mass is 10.2. The Labute approximate surface area is 105 Å². The van der Waals surface area contributed by atoms with Crippen LogP contribution >= 0.6 is 0 Å². The highest BCUT2D eigenvalue weighted by molar-refractivity contribution is 5.78. The molecule has 0 bridgehead atoms. The number of carbonyl (C=O) groups excluding carboxylic acids is 1. The van der Waals surface area contributed by atoms with E-state index in [1.165, 1.54) is 0 Å². The maximum absolute atomic E-state index is 12.0. The van der Waals surface area contributed by atoms with Crippen molar-refractivity contribution in [2.24, 2.45) is 0 Å². The van der Waals surface area contributed by atoms with Crippen LogP contribution < -0.4 is 10.6 Å². The summed E-state index contributed by atoms with van der Waals surface area (Å²) in [7, 11) is 0. The Morgan fingerprint density at radius 1 is 1.50 bits per heavy atom. The summed E-state index contributed by atoms with van der Waals surface area (Å²) in [6.07, 6.45) is -2.53. The van der Waals surface area contributed by atoms with E-state index in [1.54, 1.807) is 0 Å². The molecule has 2 N–H and O–H groups in total. The highest BCUT2D eigenvalue weighted by atomic mass is 19.4. The van der Waals surface area contributed by atoms with Crippen molar-refractivity contribution in [2.75, 3.05) is 32.7 Å². The lowest BCUT2D eigenvalue weighted by molar-refractivity contribution is -0.139. The van der Waals surface area contributed by atoms with Crippen molar-refractivity contribution in [3.05, 3.63) is 0 Å². The normalized spacial score (nSPS) is 20.4. The smallest absolute Gasteiger partial charge is 0.346 e. The Kier molecular flexibility index (Phi) is 5.87. The minimum Gasteiger partial charge on any atom is -0.346 e. The molecule has 0 aromatic carbocycles. The van der Waals surface area contributed by atoms with Crippen LogP contribution in [0, 0.1) is 0 Å². The fourth-order valence-corrected chi connectivity index (χ4v) is 2.07. The molecule has 7 heteroatoms. The second-order valence-corrected chi connectivity index (χ2v) is 4.51. The molecule has 1 heterocycles. The van der Waals surface area contributed by atoms with E-state index >= 15 is 0 Å². The zero-order chi connectivity index (χ0) is 13.6. The van der Waals surface area contributed by atoms with Crippen molar-refractivity contribution in [1.29, 1.82) is 0 Å². The molecule has 4 nitrogen and oxygen atoms in total. The lowest BCUT2D eigenvalue weighted by Gasteiger charge is -2.27. The maximum Gasteiger partial charge on any atom is 0.405 e. The Hall–Kier alpha value is -0.820. The summed E-state index contributed by atoms with van der Waals surface area (Å²) in [5, 5.41) is 5.10. The Morgan fingerprint density at radius 2 is 2.22 bits per heavy atom. The van der Waals surface area contributed by atoms with E-state index < -0.39 is 18.6 Å². The van der Waals surface area contributed by atoms with Crippen LogP contribution in [0.2, 0.25) is 0 Å². The quantitative estimate of drug-likeness (QED) is 0.746. The second-order valence-electron chi connectivity index (χ2n) is 4.51. The average molecular weight is 267 g/mol. The van der Waals surface area contributed by atoms with E-state index in [2.05, 4.69) is 5.32 Å². The van der Waals surface area contributed by atoms with Gasteiger partial charge in [-0.25, -0.2) is 0 Å². The van der Waals surface area contributed by atoms with Crippen LogP contribution in [-0.4, -0.2) is 55.7 Å². The largest absolute Gasteiger partial charge is 0.405 e. The zero-order valence-electron chi connectivity index (χ0n) is 10.5. The molecule has 0 spiro atoms. The molecule has 1 aliphatic rings. The molecular formula is C11H20F3N3O. The standard InChI is InChI=1S/C11H20F3N3O/c1-2-5-17(9-3-4-15-6-9)7-10(18)16-8-11(12,13)14/h9,15H,2-8H2,1H3,(H,16,18). The van der Waals surface area contributed by atoms with E-state index in [0.717, 1.165) is 32.5 Å². The molecule has 0 aromatic rings. The summed E-state index contributed by atoms with van der Waals surface area (Å²) in [5.41, 5.74) is 0. The van der Waals surface area contributed by atoms with Crippen LogP contribution in [0.3, 0.4) is 0 Å². The molecular weight excluding hydrogens is 247 g/mol. The van der Waals surface area contributed by atoms with Crippen molar-refractivity contribution in [3.8, 4) is 0 Å². The third kappa shape index (κ3) is 5.68. The molecule has 1 fully saturated rings. The van der Waals surface area contributed by atoms with E-state index in [9.17, 15) is 18.0 Å². The minimum atomic E-state index is -4.35. The van der Waals surface area contributed by atoms with Gasteiger partial charge in [-0.3, -0.25) is 9.69 Å². The van der Waals surface area contributed by atoms with E-state index in [-0.39, 0.29) is 12.6 Å². The minimum absolute atomic E-state index is 0.0380. The molecule has 0 aliphatic carbocycles. The van der Waals surface area contributed by atoms with Gasteiger partial charge in [-0.15, -0.1) is 0 Å². The number of rotatable bonds is 6. The molecule has 1 unspecified atom stereocenters. The van der Waals surface area contributed by atoms with Crippen LogP contribution in [0.25, 0.3) is 0 Å². The summed E-state index contributed by atoms with van der Waals surface area (Å²) in [6.45, 7) is 3.20. The molecule has 0 aromatic heterocycles. The average Bonchev–Trinajstić information content (AvgIpc) is 2.78. The highest BCUT2D eigenvalue weighted by Crippen LogP contribution is 2.12. The molecule has 1 amide bonds. The van der Waals surface area contributed by atoms with Gasteiger partial charge in [0, 0.05) is 12.6 Å². The van der Waals surface area contributed by atoms with Gasteiger partial charge < -0.3 is 10.6 Å². The number of halogens is 3. The first-order chi connectivity index (χ1) is 8.42. The number of amides is 1.